The van der Waals surface area contributed by atoms with E-state index in [9.17, 15) is 9.59 Å². The van der Waals surface area contributed by atoms with Gasteiger partial charge in [-0.05, 0) is 35.9 Å². The molecule has 0 saturated carbocycles. The van der Waals surface area contributed by atoms with Crippen molar-refractivity contribution in [3.8, 4) is 11.3 Å². The van der Waals surface area contributed by atoms with Crippen LogP contribution < -0.4 is 5.32 Å². The Labute approximate surface area is 152 Å². The molecule has 4 rings (SSSR count). The van der Waals surface area contributed by atoms with E-state index >= 15 is 0 Å². The highest BCUT2D eigenvalue weighted by Crippen LogP contribution is 2.25. The Hall–Kier alpha value is -4.01. The van der Waals surface area contributed by atoms with Gasteiger partial charge in [-0.2, -0.15) is 5.10 Å². The minimum Gasteiger partial charge on any atom is -0.478 e. The van der Waals surface area contributed by atoms with E-state index in [1.54, 1.807) is 25.2 Å². The van der Waals surface area contributed by atoms with E-state index in [0.29, 0.717) is 11.5 Å². The summed E-state index contributed by atoms with van der Waals surface area (Å²) in [6.07, 6.45) is 1.30. The number of nitrogens with one attached hydrogen (secondary N) is 2. The zero-order chi connectivity index (χ0) is 19.0. The van der Waals surface area contributed by atoms with Crippen molar-refractivity contribution >= 4 is 28.7 Å². The van der Waals surface area contributed by atoms with Crippen molar-refractivity contribution in [2.75, 3.05) is 5.32 Å². The van der Waals surface area contributed by atoms with Gasteiger partial charge in [-0.3, -0.25) is 4.79 Å². The zero-order valence-electron chi connectivity index (χ0n) is 14.2. The molecule has 0 aliphatic heterocycles. The first-order chi connectivity index (χ1) is 13.0. The molecule has 134 valence electrons. The maximum absolute atomic E-state index is 12.2. The molecule has 0 aliphatic rings. The molecule has 0 atom stereocenters. The number of carboxylic acids is 1. The first-order valence-corrected chi connectivity index (χ1v) is 8.00. The number of rotatable bonds is 4. The lowest BCUT2D eigenvalue weighted by Crippen LogP contribution is -2.18. The van der Waals surface area contributed by atoms with Crippen molar-refractivity contribution in [2.45, 2.75) is 0 Å². The molecule has 0 spiro atoms. The summed E-state index contributed by atoms with van der Waals surface area (Å²) >= 11 is 0. The highest BCUT2D eigenvalue weighted by molar-refractivity contribution is 6.01. The molecule has 4 aromatic rings. The fourth-order valence-corrected chi connectivity index (χ4v) is 2.72. The first-order valence-electron chi connectivity index (χ1n) is 8.00. The number of aromatic nitrogens is 5. The number of amides is 1. The summed E-state index contributed by atoms with van der Waals surface area (Å²) < 4.78 is 1.37. The number of carboxylic acid groups (broad SMARTS) is 1. The van der Waals surface area contributed by atoms with Gasteiger partial charge >= 0.3 is 5.97 Å². The van der Waals surface area contributed by atoms with E-state index in [0.717, 1.165) is 16.6 Å². The number of carbonyl (C=O) groups excluding carboxylic acids is 1. The van der Waals surface area contributed by atoms with Crippen molar-refractivity contribution in [3.05, 3.63) is 60.2 Å². The number of aromatic carboxylic acids is 1. The Kier molecular flexibility index (Phi) is 3.88. The summed E-state index contributed by atoms with van der Waals surface area (Å²) in [7, 11) is 1.63. The van der Waals surface area contributed by atoms with Crippen LogP contribution in [0.2, 0.25) is 0 Å². The quantitative estimate of drug-likeness (QED) is 0.511. The van der Waals surface area contributed by atoms with E-state index in [2.05, 4.69) is 25.4 Å². The van der Waals surface area contributed by atoms with Crippen LogP contribution in [0.15, 0.2) is 48.8 Å². The molecule has 0 radical (unpaired) electrons. The second-order valence-corrected chi connectivity index (χ2v) is 5.86. The molecule has 1 amide bonds. The van der Waals surface area contributed by atoms with Crippen molar-refractivity contribution in [2.24, 2.45) is 7.05 Å². The van der Waals surface area contributed by atoms with Crippen LogP contribution in [0.25, 0.3) is 22.3 Å². The normalized spacial score (nSPS) is 10.9. The first kappa shape index (κ1) is 16.5. The predicted molar refractivity (Wildman–Crippen MR) is 97.4 cm³/mol. The topological polar surface area (TPSA) is 126 Å². The molecule has 0 bridgehead atoms. The fourth-order valence-electron chi connectivity index (χ4n) is 2.72. The second kappa shape index (κ2) is 6.37. The summed E-state index contributed by atoms with van der Waals surface area (Å²) in [5, 5.41) is 16.5. The van der Waals surface area contributed by atoms with E-state index in [1.165, 1.54) is 17.1 Å². The zero-order valence-corrected chi connectivity index (χ0v) is 14.2. The van der Waals surface area contributed by atoms with Gasteiger partial charge in [0, 0.05) is 18.1 Å². The summed E-state index contributed by atoms with van der Waals surface area (Å²) in [6.45, 7) is 0. The van der Waals surface area contributed by atoms with Gasteiger partial charge in [0.15, 0.2) is 0 Å². The number of benzene rings is 1. The highest BCUT2D eigenvalue weighted by atomic mass is 16.4. The summed E-state index contributed by atoms with van der Waals surface area (Å²) in [4.78, 5) is 34.8. The van der Waals surface area contributed by atoms with Gasteiger partial charge in [-0.25, -0.2) is 19.4 Å². The third-order valence-corrected chi connectivity index (χ3v) is 4.06. The summed E-state index contributed by atoms with van der Waals surface area (Å²) in [5.74, 6) is -0.861. The monoisotopic (exact) mass is 362 g/mol. The minimum atomic E-state index is -0.986. The van der Waals surface area contributed by atoms with Crippen LogP contribution in [0.4, 0.5) is 5.82 Å². The van der Waals surface area contributed by atoms with Gasteiger partial charge in [-0.1, -0.05) is 12.1 Å². The lowest BCUT2D eigenvalue weighted by Gasteiger charge is -2.03. The van der Waals surface area contributed by atoms with E-state index < -0.39 is 11.9 Å². The van der Waals surface area contributed by atoms with Crippen LogP contribution in [-0.2, 0) is 7.05 Å². The number of carbonyl (C=O) groups is 2. The van der Waals surface area contributed by atoms with Crippen molar-refractivity contribution in [1.82, 2.24) is 24.7 Å². The smallest absolute Gasteiger partial charge is 0.335 e. The number of hydrogen-bond donors (Lipinski definition) is 3. The molecule has 3 heterocycles. The SMILES string of the molecule is Cn1ncnc1C(=O)Nc1ccc2cc(-c3cccc(C(=O)O)c3)[nH]c2n1. The average Bonchev–Trinajstić information content (AvgIpc) is 3.27. The van der Waals surface area contributed by atoms with Crippen LogP contribution in [-0.4, -0.2) is 41.7 Å². The maximum Gasteiger partial charge on any atom is 0.335 e. The maximum atomic E-state index is 12.2. The van der Waals surface area contributed by atoms with Crippen LogP contribution in [0.1, 0.15) is 21.0 Å². The molecule has 0 aliphatic carbocycles. The molecule has 1 aromatic carbocycles. The Bertz CT molecular complexity index is 1180. The van der Waals surface area contributed by atoms with Crippen LogP contribution in [0, 0.1) is 0 Å². The number of fused-ring (bicyclic) bond motifs is 1. The van der Waals surface area contributed by atoms with Gasteiger partial charge in [0.1, 0.15) is 17.8 Å². The number of H-pyrrole nitrogens is 1. The number of nitrogens with zero attached hydrogens (tertiary/aromatic N) is 4. The predicted octanol–water partition coefficient (Wildman–Crippen LogP) is 2.31. The van der Waals surface area contributed by atoms with Crippen LogP contribution in [0.5, 0.6) is 0 Å². The number of aryl methyl sites for hydroxylation is 1. The summed E-state index contributed by atoms with van der Waals surface area (Å²) in [6, 6.07) is 12.0. The summed E-state index contributed by atoms with van der Waals surface area (Å²) in [5.41, 5.74) is 2.24. The fraction of sp³-hybridized carbons (Fsp3) is 0.0556. The van der Waals surface area contributed by atoms with E-state index in [-0.39, 0.29) is 11.4 Å². The van der Waals surface area contributed by atoms with Crippen molar-refractivity contribution in [1.29, 1.82) is 0 Å². The van der Waals surface area contributed by atoms with Gasteiger partial charge in [0.05, 0.1) is 5.56 Å². The molecule has 0 unspecified atom stereocenters. The van der Waals surface area contributed by atoms with Gasteiger partial charge in [0.25, 0.3) is 5.91 Å². The molecule has 9 heteroatoms. The third-order valence-electron chi connectivity index (χ3n) is 4.06. The Morgan fingerprint density at radius 3 is 2.78 bits per heavy atom. The Morgan fingerprint density at radius 1 is 1.19 bits per heavy atom. The number of hydrogen-bond acceptors (Lipinski definition) is 5. The number of anilines is 1. The molecular weight excluding hydrogens is 348 g/mol. The van der Waals surface area contributed by atoms with Crippen molar-refractivity contribution in [3.63, 3.8) is 0 Å². The standard InChI is InChI=1S/C18H14N6O3/c1-24-16(19-9-20-24)17(25)23-14-6-5-11-8-13(21-15(11)22-14)10-3-2-4-12(7-10)18(26)27/h2-9H,1H3,(H,26,27)(H2,21,22,23,25). The molecule has 0 saturated heterocycles. The Morgan fingerprint density at radius 2 is 2.04 bits per heavy atom. The molecule has 27 heavy (non-hydrogen) atoms. The number of aromatic amines is 1. The lowest BCUT2D eigenvalue weighted by molar-refractivity contribution is 0.0696. The third kappa shape index (κ3) is 3.13. The largest absolute Gasteiger partial charge is 0.478 e. The lowest BCUT2D eigenvalue weighted by atomic mass is 10.1. The molecule has 3 aromatic heterocycles. The molecular formula is C18H14N6O3. The minimum absolute atomic E-state index is 0.176. The second-order valence-electron chi connectivity index (χ2n) is 5.86. The van der Waals surface area contributed by atoms with Gasteiger partial charge in [0.2, 0.25) is 5.82 Å². The van der Waals surface area contributed by atoms with E-state index in [1.807, 2.05) is 18.2 Å². The molecule has 0 fully saturated rings. The number of pyridine rings is 1. The van der Waals surface area contributed by atoms with Gasteiger partial charge < -0.3 is 15.4 Å². The van der Waals surface area contributed by atoms with Gasteiger partial charge in [-0.15, -0.1) is 0 Å². The highest BCUT2D eigenvalue weighted by Gasteiger charge is 2.14. The molecule has 9 nitrogen and oxygen atoms in total. The van der Waals surface area contributed by atoms with Crippen LogP contribution in [0.3, 0.4) is 0 Å². The van der Waals surface area contributed by atoms with Crippen LogP contribution >= 0.6 is 0 Å². The molecule has 3 N–H and O–H groups in total. The van der Waals surface area contributed by atoms with Crippen molar-refractivity contribution < 1.29 is 14.7 Å². The Balaban J connectivity index is 1.64. The van der Waals surface area contributed by atoms with E-state index in [4.69, 9.17) is 5.11 Å². The average molecular weight is 362 g/mol.